The van der Waals surface area contributed by atoms with Crippen LogP contribution in [-0.2, 0) is 9.59 Å². The minimum atomic E-state index is -0.518. The quantitative estimate of drug-likeness (QED) is 0.105. The van der Waals surface area contributed by atoms with Crippen LogP contribution in [0, 0.1) is 0 Å². The molecular weight excluding hydrogens is 600 g/mol. The van der Waals surface area contributed by atoms with Gasteiger partial charge in [0.1, 0.15) is 17.0 Å². The van der Waals surface area contributed by atoms with Crippen LogP contribution in [0.1, 0.15) is 23.0 Å². The first-order chi connectivity index (χ1) is 22.4. The van der Waals surface area contributed by atoms with Crippen LogP contribution in [0.4, 0.5) is 11.4 Å². The number of carbonyl (C=O) groups excluding carboxylic acids is 3. The molecule has 3 amide bonds. The SMILES string of the molecule is CC(Sc1ccc(NC(=O)/C(=C/c2ccco2)NC(=O)c2ccccc2)cc1)C(=O)Nc1ccc(-c2nc3ccccc3o2)cc1. The summed E-state index contributed by atoms with van der Waals surface area (Å²) in [5, 5.41) is 8.03. The highest BCUT2D eigenvalue weighted by atomic mass is 32.2. The number of fused-ring (bicyclic) bond motifs is 1. The van der Waals surface area contributed by atoms with Gasteiger partial charge in [0, 0.05) is 33.5 Å². The number of benzene rings is 4. The molecule has 0 radical (unpaired) electrons. The van der Waals surface area contributed by atoms with Gasteiger partial charge in [0.25, 0.3) is 11.8 Å². The van der Waals surface area contributed by atoms with E-state index in [1.807, 2.05) is 67.6 Å². The van der Waals surface area contributed by atoms with Crippen molar-refractivity contribution in [3.63, 3.8) is 0 Å². The summed E-state index contributed by atoms with van der Waals surface area (Å²) in [7, 11) is 0. The maximum Gasteiger partial charge on any atom is 0.272 e. The molecule has 0 aliphatic heterocycles. The number of hydrogen-bond donors (Lipinski definition) is 3. The molecule has 9 nitrogen and oxygen atoms in total. The molecule has 0 aliphatic rings. The van der Waals surface area contributed by atoms with Crippen LogP contribution in [0.25, 0.3) is 28.6 Å². The van der Waals surface area contributed by atoms with Crippen LogP contribution in [0.15, 0.2) is 141 Å². The van der Waals surface area contributed by atoms with Crippen molar-refractivity contribution in [2.75, 3.05) is 10.6 Å². The van der Waals surface area contributed by atoms with Crippen molar-refractivity contribution in [2.45, 2.75) is 17.1 Å². The van der Waals surface area contributed by atoms with E-state index >= 15 is 0 Å². The minimum Gasteiger partial charge on any atom is -0.465 e. The van der Waals surface area contributed by atoms with Crippen molar-refractivity contribution in [1.82, 2.24) is 10.3 Å². The summed E-state index contributed by atoms with van der Waals surface area (Å²) in [6, 6.07) is 34.0. The van der Waals surface area contributed by atoms with Crippen LogP contribution in [0.5, 0.6) is 0 Å². The second-order valence-electron chi connectivity index (χ2n) is 10.2. The van der Waals surface area contributed by atoms with Crippen molar-refractivity contribution in [3.8, 4) is 11.5 Å². The number of para-hydroxylation sites is 2. The number of thioether (sulfide) groups is 1. The fourth-order valence-electron chi connectivity index (χ4n) is 4.47. The Hall–Kier alpha value is -5.87. The van der Waals surface area contributed by atoms with E-state index in [1.54, 1.807) is 54.6 Å². The second-order valence-corrected chi connectivity index (χ2v) is 11.6. The topological polar surface area (TPSA) is 126 Å². The minimum absolute atomic E-state index is 0.0226. The molecule has 2 aromatic heterocycles. The van der Waals surface area contributed by atoms with Crippen molar-refractivity contribution < 1.29 is 23.2 Å². The monoisotopic (exact) mass is 628 g/mol. The van der Waals surface area contributed by atoms with Crippen LogP contribution >= 0.6 is 11.8 Å². The van der Waals surface area contributed by atoms with Gasteiger partial charge >= 0.3 is 0 Å². The van der Waals surface area contributed by atoms with Crippen molar-refractivity contribution in [2.24, 2.45) is 0 Å². The van der Waals surface area contributed by atoms with Gasteiger partial charge in [-0.3, -0.25) is 14.4 Å². The molecule has 1 unspecified atom stereocenters. The number of oxazole rings is 1. The van der Waals surface area contributed by atoms with Crippen molar-refractivity contribution in [3.05, 3.63) is 139 Å². The summed E-state index contributed by atoms with van der Waals surface area (Å²) in [5.74, 6) is -0.164. The number of hydrogen-bond acceptors (Lipinski definition) is 7. The summed E-state index contributed by atoms with van der Waals surface area (Å²) >= 11 is 1.39. The highest BCUT2D eigenvalue weighted by Gasteiger charge is 2.18. The van der Waals surface area contributed by atoms with Crippen molar-refractivity contribution in [1.29, 1.82) is 0 Å². The zero-order valence-corrected chi connectivity index (χ0v) is 25.4. The lowest BCUT2D eigenvalue weighted by Crippen LogP contribution is -2.30. The lowest BCUT2D eigenvalue weighted by molar-refractivity contribution is -0.115. The molecule has 0 bridgehead atoms. The van der Waals surface area contributed by atoms with E-state index in [4.69, 9.17) is 8.83 Å². The first kappa shape index (κ1) is 30.2. The third-order valence-corrected chi connectivity index (χ3v) is 7.96. The van der Waals surface area contributed by atoms with Crippen LogP contribution in [0.2, 0.25) is 0 Å². The van der Waals surface area contributed by atoms with Gasteiger partial charge in [0.05, 0.1) is 11.5 Å². The molecule has 3 N–H and O–H groups in total. The third kappa shape index (κ3) is 7.43. The number of amides is 3. The van der Waals surface area contributed by atoms with E-state index in [0.29, 0.717) is 28.6 Å². The second kappa shape index (κ2) is 13.8. The van der Waals surface area contributed by atoms with Crippen LogP contribution in [-0.4, -0.2) is 28.0 Å². The van der Waals surface area contributed by atoms with E-state index in [2.05, 4.69) is 20.9 Å². The lowest BCUT2D eigenvalue weighted by atomic mass is 10.2. The number of anilines is 2. The van der Waals surface area contributed by atoms with Crippen molar-refractivity contribution >= 4 is 58.0 Å². The van der Waals surface area contributed by atoms with E-state index in [0.717, 1.165) is 21.6 Å². The number of furan rings is 1. The van der Waals surface area contributed by atoms with Gasteiger partial charge in [0.2, 0.25) is 11.8 Å². The van der Waals surface area contributed by atoms with Gasteiger partial charge in [0.15, 0.2) is 5.58 Å². The van der Waals surface area contributed by atoms with Crippen LogP contribution < -0.4 is 16.0 Å². The largest absolute Gasteiger partial charge is 0.465 e. The molecular formula is C36H28N4O5S. The Morgan fingerprint density at radius 1 is 0.783 bits per heavy atom. The summed E-state index contributed by atoms with van der Waals surface area (Å²) in [5.41, 5.74) is 3.93. The van der Waals surface area contributed by atoms with Gasteiger partial charge in [-0.05, 0) is 91.9 Å². The number of nitrogens with zero attached hydrogens (tertiary/aromatic N) is 1. The Morgan fingerprint density at radius 3 is 2.20 bits per heavy atom. The number of rotatable bonds is 10. The van der Waals surface area contributed by atoms with E-state index in [1.165, 1.54) is 24.1 Å². The summed E-state index contributed by atoms with van der Waals surface area (Å²) in [6.07, 6.45) is 2.94. The molecule has 6 rings (SSSR count). The number of carbonyl (C=O) groups is 3. The average Bonchev–Trinajstić information content (AvgIpc) is 3.76. The maximum atomic E-state index is 13.2. The Kier molecular flexibility index (Phi) is 9.07. The maximum absolute atomic E-state index is 13.2. The molecule has 46 heavy (non-hydrogen) atoms. The summed E-state index contributed by atoms with van der Waals surface area (Å²) < 4.78 is 11.2. The molecule has 0 aliphatic carbocycles. The molecule has 6 aromatic rings. The molecule has 228 valence electrons. The van der Waals surface area contributed by atoms with Gasteiger partial charge < -0.3 is 24.8 Å². The van der Waals surface area contributed by atoms with Gasteiger partial charge in [-0.25, -0.2) is 4.98 Å². The van der Waals surface area contributed by atoms with E-state index in [-0.39, 0.29) is 11.6 Å². The Labute approximate surface area is 268 Å². The number of nitrogens with one attached hydrogen (secondary N) is 3. The predicted octanol–water partition coefficient (Wildman–Crippen LogP) is 7.62. The average molecular weight is 629 g/mol. The molecule has 10 heteroatoms. The standard InChI is InChI=1S/C36H28N4O5S/c1-23(33(41)37-26-15-13-25(14-16-26)36-40-30-11-5-6-12-32(30)45-36)46-29-19-17-27(18-20-29)38-35(43)31(22-28-10-7-21-44-28)39-34(42)24-8-3-2-4-9-24/h2-23H,1H3,(H,37,41)(H,38,43)(H,39,42)/b31-22-. The Balaban J connectivity index is 1.05. The zero-order valence-electron chi connectivity index (χ0n) is 24.6. The molecule has 2 heterocycles. The highest BCUT2D eigenvalue weighted by Crippen LogP contribution is 2.28. The molecule has 4 aromatic carbocycles. The van der Waals surface area contributed by atoms with E-state index < -0.39 is 17.1 Å². The fraction of sp³-hybridized carbons (Fsp3) is 0.0556. The smallest absolute Gasteiger partial charge is 0.272 e. The summed E-state index contributed by atoms with van der Waals surface area (Å²) in [6.45, 7) is 1.82. The molecule has 1 atom stereocenters. The first-order valence-electron chi connectivity index (χ1n) is 14.4. The van der Waals surface area contributed by atoms with Gasteiger partial charge in [-0.15, -0.1) is 11.8 Å². The fourth-order valence-corrected chi connectivity index (χ4v) is 5.33. The van der Waals surface area contributed by atoms with Crippen LogP contribution in [0.3, 0.4) is 0 Å². The normalized spacial score (nSPS) is 12.0. The first-order valence-corrected chi connectivity index (χ1v) is 15.3. The Bertz CT molecular complexity index is 1970. The molecule has 0 fully saturated rings. The predicted molar refractivity (Wildman–Crippen MR) is 179 cm³/mol. The summed E-state index contributed by atoms with van der Waals surface area (Å²) in [4.78, 5) is 44.2. The zero-order chi connectivity index (χ0) is 31.9. The highest BCUT2D eigenvalue weighted by molar-refractivity contribution is 8.00. The lowest BCUT2D eigenvalue weighted by Gasteiger charge is -2.13. The molecule has 0 saturated carbocycles. The molecule has 0 spiro atoms. The van der Waals surface area contributed by atoms with E-state index in [9.17, 15) is 14.4 Å². The van der Waals surface area contributed by atoms with Gasteiger partial charge in [-0.1, -0.05) is 30.3 Å². The van der Waals surface area contributed by atoms with Gasteiger partial charge in [-0.2, -0.15) is 0 Å². The molecule has 0 saturated heterocycles. The number of aromatic nitrogens is 1. The Morgan fingerprint density at radius 2 is 1.48 bits per heavy atom. The third-order valence-electron chi connectivity index (χ3n) is 6.85.